The Morgan fingerprint density at radius 3 is 1.89 bits per heavy atom. The summed E-state index contributed by atoms with van der Waals surface area (Å²) in [6.07, 6.45) is -1.95. The number of nitrogens with two attached hydrogens (primary N) is 1. The summed E-state index contributed by atoms with van der Waals surface area (Å²) in [4.78, 5) is 18.7. The minimum absolute atomic E-state index is 0. The Morgan fingerprint density at radius 1 is 1.17 bits per heavy atom. The molecule has 0 aromatic heterocycles. The van der Waals surface area contributed by atoms with Gasteiger partial charge < -0.3 is 25.8 Å². The maximum atomic E-state index is 10.4. The topological polar surface area (TPSA) is 127 Å². The molecule has 0 fully saturated rings. The Balaban J connectivity index is -0.000000332. The van der Waals surface area contributed by atoms with Gasteiger partial charge in [-0.2, -0.15) is 0 Å². The Bertz CT molecular complexity index is 343. The van der Waals surface area contributed by atoms with Crippen molar-refractivity contribution in [2.45, 2.75) is 12.5 Å². The number of carboxylic acid groups (broad SMARTS) is 3. The molecule has 18 heavy (non-hydrogen) atoms. The second-order valence-electron chi connectivity index (χ2n) is 2.88. The molecule has 0 aliphatic heterocycles. The zero-order chi connectivity index (χ0) is 12.6. The number of rotatable bonds is 3. The van der Waals surface area contributed by atoms with Crippen molar-refractivity contribution in [3.05, 3.63) is 35.9 Å². The van der Waals surface area contributed by atoms with Crippen molar-refractivity contribution >= 4 is 12.1 Å². The van der Waals surface area contributed by atoms with Gasteiger partial charge in [0, 0.05) is 0 Å². The van der Waals surface area contributed by atoms with Crippen LogP contribution in [0.5, 0.6) is 0 Å². The second-order valence-corrected chi connectivity index (χ2v) is 2.88. The van der Waals surface area contributed by atoms with Gasteiger partial charge in [0.2, 0.25) is 0 Å². The molecule has 0 amide bonds. The van der Waals surface area contributed by atoms with Crippen molar-refractivity contribution < 1.29 is 84.0 Å². The van der Waals surface area contributed by atoms with E-state index in [-0.39, 0.29) is 59.1 Å². The standard InChI is InChI=1S/C9H11NO2.CH2O3.2Na/c10-8(9(11)12)6-7-4-2-1-3-5-7;2-1(3)4;;/h1-5,8H,6,10H2,(H,11,12);(H2,2,3,4);;/q;;2*+1/p-2. The van der Waals surface area contributed by atoms with Crippen LogP contribution in [0.1, 0.15) is 5.56 Å². The summed E-state index contributed by atoms with van der Waals surface area (Å²) in [6, 6.07) is 8.54. The van der Waals surface area contributed by atoms with E-state index >= 15 is 0 Å². The molecule has 0 heterocycles. The Kier molecular flexibility index (Phi) is 17.1. The fraction of sp³-hybridized carbons (Fsp3) is 0.200. The van der Waals surface area contributed by atoms with Gasteiger partial charge in [-0.15, -0.1) is 0 Å². The van der Waals surface area contributed by atoms with E-state index < -0.39 is 18.2 Å². The van der Waals surface area contributed by atoms with Crippen molar-refractivity contribution in [1.82, 2.24) is 0 Å². The maximum absolute atomic E-state index is 10.4. The third kappa shape index (κ3) is 14.0. The summed E-state index contributed by atoms with van der Waals surface area (Å²) >= 11 is 0. The Labute approximate surface area is 149 Å². The number of carbonyl (C=O) groups excluding carboxylic acids is 1. The number of carboxylic acids is 1. The first-order chi connectivity index (χ1) is 7.43. The quantitative estimate of drug-likeness (QED) is 0.526. The van der Waals surface area contributed by atoms with Gasteiger partial charge >= 0.3 is 65.1 Å². The van der Waals surface area contributed by atoms with Crippen molar-refractivity contribution in [3.8, 4) is 0 Å². The number of hydrogen-bond donors (Lipinski definition) is 2. The molecule has 0 saturated carbocycles. The van der Waals surface area contributed by atoms with Crippen LogP contribution in [0.25, 0.3) is 0 Å². The summed E-state index contributed by atoms with van der Waals surface area (Å²) in [5.41, 5.74) is 6.30. The molecule has 0 aliphatic rings. The summed E-state index contributed by atoms with van der Waals surface area (Å²) in [7, 11) is 0. The fourth-order valence-electron chi connectivity index (χ4n) is 0.955. The zero-order valence-electron chi connectivity index (χ0n) is 10.3. The molecule has 0 spiro atoms. The molecule has 1 unspecified atom stereocenters. The smallest absolute Gasteiger partial charge is 0.652 e. The maximum Gasteiger partial charge on any atom is 1.00 e. The molecule has 6 nitrogen and oxygen atoms in total. The molecule has 0 bridgehead atoms. The van der Waals surface area contributed by atoms with Crippen LogP contribution in [0.15, 0.2) is 30.3 Å². The Morgan fingerprint density at radius 2 is 1.56 bits per heavy atom. The molecular weight excluding hydrogens is 260 g/mol. The molecule has 8 heteroatoms. The monoisotopic (exact) mass is 271 g/mol. The summed E-state index contributed by atoms with van der Waals surface area (Å²) in [5, 5.41) is 25.2. The molecule has 1 aromatic carbocycles. The van der Waals surface area contributed by atoms with Gasteiger partial charge in [-0.25, -0.2) is 0 Å². The molecule has 3 N–H and O–H groups in total. The van der Waals surface area contributed by atoms with Crippen LogP contribution in [0.4, 0.5) is 4.79 Å². The van der Waals surface area contributed by atoms with Crippen LogP contribution in [0.2, 0.25) is 0 Å². The first kappa shape index (κ1) is 23.0. The minimum Gasteiger partial charge on any atom is -0.652 e. The number of carbonyl (C=O) groups is 2. The van der Waals surface area contributed by atoms with E-state index in [9.17, 15) is 4.79 Å². The number of hydrogen-bond acceptors (Lipinski definition) is 5. The molecule has 1 atom stereocenters. The van der Waals surface area contributed by atoms with Crippen molar-refractivity contribution in [2.24, 2.45) is 5.73 Å². The molecule has 0 saturated heterocycles. The molecule has 88 valence electrons. The fourth-order valence-corrected chi connectivity index (χ4v) is 0.955. The number of benzene rings is 1. The van der Waals surface area contributed by atoms with Crippen LogP contribution in [-0.2, 0) is 11.2 Å². The van der Waals surface area contributed by atoms with Gasteiger partial charge in [-0.1, -0.05) is 30.3 Å². The van der Waals surface area contributed by atoms with Crippen molar-refractivity contribution in [2.75, 3.05) is 0 Å². The second kappa shape index (κ2) is 13.4. The van der Waals surface area contributed by atoms with Crippen LogP contribution in [-0.4, -0.2) is 23.3 Å². The normalized spacial score (nSPS) is 9.61. The van der Waals surface area contributed by atoms with E-state index in [1.54, 1.807) is 0 Å². The van der Waals surface area contributed by atoms with E-state index in [0.717, 1.165) is 5.56 Å². The molecule has 0 aliphatic carbocycles. The Hall–Kier alpha value is -0.0800. The minimum atomic E-state index is -2.33. The third-order valence-corrected chi connectivity index (χ3v) is 1.62. The number of aliphatic carboxylic acids is 1. The van der Waals surface area contributed by atoms with Gasteiger partial charge in [-0.05, 0) is 18.1 Å². The van der Waals surface area contributed by atoms with Gasteiger partial charge in [0.25, 0.3) is 0 Å². The SMILES string of the molecule is NC(Cc1ccccc1)C(=O)O.O=C([O-])[O-].[Na+].[Na+]. The summed E-state index contributed by atoms with van der Waals surface area (Å²) < 4.78 is 0. The van der Waals surface area contributed by atoms with Gasteiger partial charge in [-0.3, -0.25) is 4.79 Å². The van der Waals surface area contributed by atoms with E-state index in [0.29, 0.717) is 6.42 Å². The zero-order valence-corrected chi connectivity index (χ0v) is 14.3. The predicted molar refractivity (Wildman–Crippen MR) is 51.2 cm³/mol. The third-order valence-electron chi connectivity index (χ3n) is 1.62. The summed E-state index contributed by atoms with van der Waals surface area (Å²) in [5.74, 6) is -0.959. The molecule has 1 aromatic rings. The first-order valence-corrected chi connectivity index (χ1v) is 4.33. The van der Waals surface area contributed by atoms with E-state index in [1.165, 1.54) is 0 Å². The molecule has 0 radical (unpaired) electrons. The van der Waals surface area contributed by atoms with Crippen LogP contribution in [0.3, 0.4) is 0 Å². The first-order valence-electron chi connectivity index (χ1n) is 4.33. The molecular formula is C10H11NNa2O5. The summed E-state index contributed by atoms with van der Waals surface area (Å²) in [6.45, 7) is 0. The average Bonchev–Trinajstić information content (AvgIpc) is 2.18. The van der Waals surface area contributed by atoms with E-state index in [2.05, 4.69) is 0 Å². The van der Waals surface area contributed by atoms with Gasteiger partial charge in [0.05, 0.1) is 0 Å². The van der Waals surface area contributed by atoms with Crippen LogP contribution < -0.4 is 75.1 Å². The molecule has 1 rings (SSSR count). The van der Waals surface area contributed by atoms with Crippen molar-refractivity contribution in [1.29, 1.82) is 0 Å². The van der Waals surface area contributed by atoms with Gasteiger partial charge in [0.1, 0.15) is 6.04 Å². The average molecular weight is 271 g/mol. The van der Waals surface area contributed by atoms with E-state index in [4.69, 9.17) is 25.8 Å². The van der Waals surface area contributed by atoms with Crippen LogP contribution in [0, 0.1) is 0 Å². The largest absolute Gasteiger partial charge is 1.00 e. The van der Waals surface area contributed by atoms with Crippen LogP contribution >= 0.6 is 0 Å². The van der Waals surface area contributed by atoms with Gasteiger partial charge in [0.15, 0.2) is 0 Å². The van der Waals surface area contributed by atoms with Crippen molar-refractivity contribution in [3.63, 3.8) is 0 Å². The predicted octanol–water partition coefficient (Wildman–Crippen LogP) is -7.80. The van der Waals surface area contributed by atoms with E-state index in [1.807, 2.05) is 30.3 Å².